The molecule has 3 rings (SSSR count). The van der Waals surface area contributed by atoms with Crippen LogP contribution in [-0.2, 0) is 49.5 Å². The number of sulfone groups is 1. The number of hydrogen-bond donors (Lipinski definition) is 5. The van der Waals surface area contributed by atoms with Crippen molar-refractivity contribution in [3.8, 4) is 11.5 Å². The van der Waals surface area contributed by atoms with E-state index in [1.807, 2.05) is 0 Å². The van der Waals surface area contributed by atoms with Crippen LogP contribution in [0.25, 0.3) is 10.8 Å². The number of benzene rings is 3. The van der Waals surface area contributed by atoms with E-state index in [4.69, 9.17) is 9.29 Å². The average Bonchev–Trinajstić information content (AvgIpc) is 2.85. The van der Waals surface area contributed by atoms with Gasteiger partial charge in [0.1, 0.15) is 22.0 Å². The molecule has 240 valence electrons. The predicted octanol–water partition coefficient (Wildman–Crippen LogP) is 2.32. The molecule has 5 N–H and O–H groups in total. The summed E-state index contributed by atoms with van der Waals surface area (Å²) in [6, 6.07) is 4.36. The highest BCUT2D eigenvalue weighted by atomic mass is 32.3. The fourth-order valence-corrected chi connectivity index (χ4v) is 6.84. The first-order valence-electron chi connectivity index (χ1n) is 11.6. The van der Waals surface area contributed by atoms with E-state index in [-0.39, 0.29) is 38.4 Å². The maximum atomic E-state index is 12.7. The lowest BCUT2D eigenvalue weighted by Gasteiger charge is -2.14. The second-order valence-electron chi connectivity index (χ2n) is 8.83. The molecule has 0 heterocycles. The number of phenols is 1. The van der Waals surface area contributed by atoms with Crippen molar-refractivity contribution in [2.75, 3.05) is 24.8 Å². The van der Waals surface area contributed by atoms with Crippen molar-refractivity contribution in [1.29, 1.82) is 0 Å². The Morgan fingerprint density at radius 2 is 1.52 bits per heavy atom. The van der Waals surface area contributed by atoms with Crippen molar-refractivity contribution in [2.24, 2.45) is 10.2 Å². The Hall–Kier alpha value is -3.77. The zero-order chi connectivity index (χ0) is 33.4. The summed E-state index contributed by atoms with van der Waals surface area (Å²) in [7, 11) is -18.1. The number of aromatic hydroxyl groups is 1. The minimum absolute atomic E-state index is 0.0232. The highest BCUT2D eigenvalue weighted by Gasteiger charge is 2.26. The molecule has 0 radical (unpaired) electrons. The van der Waals surface area contributed by atoms with E-state index < -0.39 is 80.0 Å². The number of ether oxygens (including phenoxy) is 1. The summed E-state index contributed by atoms with van der Waals surface area (Å²) in [4.78, 5) is 9.56. The molecule has 3 aromatic carbocycles. The molecule has 18 nitrogen and oxygen atoms in total. The van der Waals surface area contributed by atoms with Crippen LogP contribution in [0.5, 0.6) is 11.5 Å². The lowest BCUT2D eigenvalue weighted by Crippen LogP contribution is -2.16. The van der Waals surface area contributed by atoms with E-state index in [0.717, 1.165) is 38.3 Å². The average molecular weight is 698 g/mol. The van der Waals surface area contributed by atoms with Gasteiger partial charge in [0.05, 0.1) is 34.9 Å². The number of rotatable bonds is 11. The third-order valence-corrected chi connectivity index (χ3v) is 9.64. The van der Waals surface area contributed by atoms with Gasteiger partial charge in [0, 0.05) is 18.4 Å². The summed E-state index contributed by atoms with van der Waals surface area (Å²) in [5.41, 5.74) is -1.47. The van der Waals surface area contributed by atoms with E-state index in [0.29, 0.717) is 6.07 Å². The summed E-state index contributed by atoms with van der Waals surface area (Å²) in [5, 5.41) is 20.1. The SMILES string of the molecule is COc1cc(S(=O)(=O)CCOS(=O)(=O)O)c(C)cc1N=Nc1c(S(=O)(=O)O)cc2cc(S(=O)(=O)O)cc(NC(C)=O)c2c1O. The Bertz CT molecular complexity index is 2140. The highest BCUT2D eigenvalue weighted by molar-refractivity contribution is 7.91. The number of anilines is 1. The number of phenolic OH excluding ortho intramolecular Hbond substituents is 1. The fourth-order valence-electron chi connectivity index (χ4n) is 3.88. The Morgan fingerprint density at radius 1 is 0.886 bits per heavy atom. The molecule has 44 heavy (non-hydrogen) atoms. The van der Waals surface area contributed by atoms with Gasteiger partial charge in [0.2, 0.25) is 5.91 Å². The molecule has 3 aromatic rings. The number of azo groups is 1. The number of amides is 1. The summed E-state index contributed by atoms with van der Waals surface area (Å²) < 4.78 is 132. The topological polar surface area (TPSA) is 290 Å². The number of carbonyl (C=O) groups excluding carboxylic acids is 1. The zero-order valence-corrected chi connectivity index (χ0v) is 25.9. The summed E-state index contributed by atoms with van der Waals surface area (Å²) in [6.07, 6.45) is 0. The number of nitrogens with one attached hydrogen (secondary N) is 1. The van der Waals surface area contributed by atoms with Crippen LogP contribution in [0, 0.1) is 6.92 Å². The highest BCUT2D eigenvalue weighted by Crippen LogP contribution is 2.46. The minimum Gasteiger partial charge on any atom is -0.505 e. The van der Waals surface area contributed by atoms with Gasteiger partial charge in [-0.3, -0.25) is 18.5 Å². The van der Waals surface area contributed by atoms with Gasteiger partial charge in [-0.05, 0) is 42.1 Å². The van der Waals surface area contributed by atoms with Crippen LogP contribution in [0.3, 0.4) is 0 Å². The van der Waals surface area contributed by atoms with Gasteiger partial charge >= 0.3 is 10.4 Å². The lowest BCUT2D eigenvalue weighted by molar-refractivity contribution is -0.114. The molecule has 0 aromatic heterocycles. The number of methoxy groups -OCH3 is 1. The molecule has 1 amide bonds. The monoisotopic (exact) mass is 697 g/mol. The Morgan fingerprint density at radius 3 is 2.05 bits per heavy atom. The van der Waals surface area contributed by atoms with E-state index in [1.165, 1.54) is 6.92 Å². The van der Waals surface area contributed by atoms with Crippen LogP contribution in [-0.4, -0.2) is 77.8 Å². The van der Waals surface area contributed by atoms with Crippen LogP contribution >= 0.6 is 0 Å². The summed E-state index contributed by atoms with van der Waals surface area (Å²) in [5.74, 6) is -2.87. The van der Waals surface area contributed by atoms with Gasteiger partial charge in [-0.15, -0.1) is 10.2 Å². The molecule has 0 aliphatic rings. The van der Waals surface area contributed by atoms with E-state index in [1.54, 1.807) is 0 Å². The smallest absolute Gasteiger partial charge is 0.397 e. The molecule has 0 saturated heterocycles. The van der Waals surface area contributed by atoms with Gasteiger partial charge in [-0.1, -0.05) is 0 Å². The molecule has 0 unspecified atom stereocenters. The fraction of sp³-hybridized carbons (Fsp3) is 0.227. The second kappa shape index (κ2) is 12.3. The molecule has 0 aliphatic heterocycles. The van der Waals surface area contributed by atoms with Crippen molar-refractivity contribution in [3.05, 3.63) is 35.9 Å². The summed E-state index contributed by atoms with van der Waals surface area (Å²) in [6.45, 7) is 1.45. The Kier molecular flexibility index (Phi) is 9.72. The molecule has 0 fully saturated rings. The maximum Gasteiger partial charge on any atom is 0.397 e. The first-order chi connectivity index (χ1) is 20.0. The normalized spacial score (nSPS) is 13.0. The molecule has 0 bridgehead atoms. The predicted molar refractivity (Wildman–Crippen MR) is 151 cm³/mol. The molecule has 0 aliphatic carbocycles. The zero-order valence-electron chi connectivity index (χ0n) is 22.6. The van der Waals surface area contributed by atoms with E-state index in [2.05, 4.69) is 19.7 Å². The standard InChI is InChI=1S/C22H23N3O15S4/c1-11-6-15(17(39-3)10-18(11)41(28,29)5-4-40-44(36,37)38)24-25-21-19(43(33,34)35)8-13-7-14(42(30,31)32)9-16(23-12(2)26)20(13)22(21)27/h6-10,27H,4-5H2,1-3H3,(H,23,26)(H,30,31,32)(H,33,34,35)(H,36,37,38). The van der Waals surface area contributed by atoms with Crippen LogP contribution in [0.1, 0.15) is 12.5 Å². The number of nitrogens with zero attached hydrogens (tertiary/aromatic N) is 2. The number of hydrogen-bond acceptors (Lipinski definition) is 14. The quantitative estimate of drug-likeness (QED) is 0.142. The first-order valence-corrected chi connectivity index (χ1v) is 17.5. The molecule has 22 heteroatoms. The van der Waals surface area contributed by atoms with Crippen LogP contribution in [0.4, 0.5) is 17.1 Å². The van der Waals surface area contributed by atoms with Gasteiger partial charge in [0.15, 0.2) is 15.6 Å². The van der Waals surface area contributed by atoms with Gasteiger partial charge in [-0.25, -0.2) is 12.6 Å². The Balaban J connectivity index is 2.24. The van der Waals surface area contributed by atoms with Crippen molar-refractivity contribution >= 4 is 74.2 Å². The molecule has 0 atom stereocenters. The number of fused-ring (bicyclic) bond motifs is 1. The second-order valence-corrected chi connectivity index (χ2v) is 14.8. The minimum atomic E-state index is -5.20. The molecular formula is C22H23N3O15S4. The molecule has 0 spiro atoms. The van der Waals surface area contributed by atoms with Crippen LogP contribution in [0.15, 0.2) is 55.2 Å². The van der Waals surface area contributed by atoms with Crippen LogP contribution < -0.4 is 10.1 Å². The third-order valence-electron chi connectivity index (χ3n) is 5.66. The van der Waals surface area contributed by atoms with E-state index >= 15 is 0 Å². The Labute approximate surface area is 250 Å². The maximum absolute atomic E-state index is 12.7. The van der Waals surface area contributed by atoms with Gasteiger partial charge < -0.3 is 15.2 Å². The number of carbonyl (C=O) groups is 1. The van der Waals surface area contributed by atoms with E-state index in [9.17, 15) is 52.7 Å². The van der Waals surface area contributed by atoms with Crippen molar-refractivity contribution in [2.45, 2.75) is 28.5 Å². The lowest BCUT2D eigenvalue weighted by atomic mass is 10.1. The number of aryl methyl sites for hydroxylation is 1. The molecular weight excluding hydrogens is 675 g/mol. The molecule has 0 saturated carbocycles. The van der Waals surface area contributed by atoms with Crippen molar-refractivity contribution in [3.63, 3.8) is 0 Å². The summed E-state index contributed by atoms with van der Waals surface area (Å²) >= 11 is 0. The van der Waals surface area contributed by atoms with Gasteiger partial charge in [-0.2, -0.15) is 25.3 Å². The van der Waals surface area contributed by atoms with Gasteiger partial charge in [0.25, 0.3) is 20.2 Å². The largest absolute Gasteiger partial charge is 0.505 e. The third kappa shape index (κ3) is 8.03. The van der Waals surface area contributed by atoms with Crippen molar-refractivity contribution < 1.29 is 66.2 Å². The van der Waals surface area contributed by atoms with Crippen molar-refractivity contribution in [1.82, 2.24) is 0 Å². The van der Waals surface area contributed by atoms with Crippen LogP contribution in [0.2, 0.25) is 0 Å². The first kappa shape index (κ1) is 34.7.